The summed E-state index contributed by atoms with van der Waals surface area (Å²) in [5, 5.41) is 16.9. The number of pyridine rings is 1. The molecule has 160 valence electrons. The number of hydrogen-bond donors (Lipinski definition) is 3. The lowest BCUT2D eigenvalue weighted by Gasteiger charge is -2.37. The van der Waals surface area contributed by atoms with E-state index < -0.39 is 17.5 Å². The number of aromatic hydroxyl groups is 1. The molecule has 4 heterocycles. The van der Waals surface area contributed by atoms with E-state index in [1.807, 2.05) is 0 Å². The van der Waals surface area contributed by atoms with Crippen molar-refractivity contribution in [3.05, 3.63) is 35.4 Å². The van der Waals surface area contributed by atoms with E-state index >= 15 is 0 Å². The normalized spacial score (nSPS) is 22.6. The van der Waals surface area contributed by atoms with E-state index in [0.717, 1.165) is 31.4 Å². The first-order valence-corrected chi connectivity index (χ1v) is 9.40. The molecule has 3 N–H and O–H groups in total. The van der Waals surface area contributed by atoms with E-state index in [-0.39, 0.29) is 29.1 Å². The Morgan fingerprint density at radius 2 is 2.03 bits per heavy atom. The minimum Gasteiger partial charge on any atom is -0.507 e. The van der Waals surface area contributed by atoms with Gasteiger partial charge in [-0.2, -0.15) is 18.2 Å². The number of alkyl halides is 3. The molecule has 30 heavy (non-hydrogen) atoms. The van der Waals surface area contributed by atoms with Crippen LogP contribution in [0.4, 0.5) is 19.2 Å². The predicted octanol–water partition coefficient (Wildman–Crippen LogP) is 4.51. The molecule has 2 saturated heterocycles. The smallest absolute Gasteiger partial charge is 0.416 e. The van der Waals surface area contributed by atoms with Gasteiger partial charge in [-0.05, 0) is 62.1 Å². The largest absolute Gasteiger partial charge is 0.507 e. The van der Waals surface area contributed by atoms with Crippen LogP contribution in [0.1, 0.15) is 24.0 Å². The summed E-state index contributed by atoms with van der Waals surface area (Å²) in [6, 6.07) is 5.31. The molecule has 3 aliphatic rings. The van der Waals surface area contributed by atoms with Gasteiger partial charge in [0, 0.05) is 17.6 Å². The Labute approximate surface area is 176 Å². The van der Waals surface area contributed by atoms with Gasteiger partial charge in [-0.25, -0.2) is 4.98 Å². The zero-order valence-electron chi connectivity index (χ0n) is 16.0. The zero-order valence-corrected chi connectivity index (χ0v) is 16.8. The molecule has 1 aliphatic carbocycles. The molecule has 0 amide bonds. The number of halogens is 4. The predicted molar refractivity (Wildman–Crippen MR) is 108 cm³/mol. The molecule has 3 aromatic rings. The highest BCUT2D eigenvalue weighted by atomic mass is 35.5. The van der Waals surface area contributed by atoms with Gasteiger partial charge >= 0.3 is 6.18 Å². The molecular formula is C20H20ClF3N4O2. The number of anilines is 1. The van der Waals surface area contributed by atoms with Gasteiger partial charge in [0.15, 0.2) is 5.58 Å². The third-order valence-corrected chi connectivity index (χ3v) is 5.85. The van der Waals surface area contributed by atoms with Gasteiger partial charge in [0.05, 0.1) is 11.3 Å². The number of hydrogen-bond acceptors (Lipinski definition) is 6. The highest BCUT2D eigenvalue weighted by Crippen LogP contribution is 2.43. The van der Waals surface area contributed by atoms with Crippen molar-refractivity contribution in [1.82, 2.24) is 15.3 Å². The van der Waals surface area contributed by atoms with Crippen molar-refractivity contribution < 1.29 is 22.7 Å². The van der Waals surface area contributed by atoms with Crippen molar-refractivity contribution >= 4 is 29.7 Å². The molecule has 10 heteroatoms. The van der Waals surface area contributed by atoms with Gasteiger partial charge in [0.2, 0.25) is 5.65 Å². The van der Waals surface area contributed by atoms with Gasteiger partial charge in [0.25, 0.3) is 6.01 Å². The summed E-state index contributed by atoms with van der Waals surface area (Å²) in [7, 11) is 0. The number of nitrogens with one attached hydrogen (secondary N) is 2. The standard InChI is InChI=1S/C20H19F3N4O2.ClH/c1-10-4-12(20(21,22)23)5-14(28)16(10)13-2-3-15-17(26-13)27-18(29-15)24-9-19-6-11(7-19)8-25-19;/h2-5,11,25,28H,6-9H2,1H3,(H,24,26,27);1H. The van der Waals surface area contributed by atoms with Crippen LogP contribution in [0.25, 0.3) is 22.5 Å². The molecule has 2 aliphatic heterocycles. The molecule has 0 unspecified atom stereocenters. The summed E-state index contributed by atoms with van der Waals surface area (Å²) in [6.45, 7) is 3.27. The molecular weight excluding hydrogens is 421 g/mol. The van der Waals surface area contributed by atoms with E-state index in [0.29, 0.717) is 35.5 Å². The minimum atomic E-state index is -4.53. The van der Waals surface area contributed by atoms with Crippen LogP contribution in [-0.4, -0.2) is 33.7 Å². The first-order valence-electron chi connectivity index (χ1n) is 9.40. The third-order valence-electron chi connectivity index (χ3n) is 5.85. The lowest BCUT2D eigenvalue weighted by molar-refractivity contribution is -0.137. The Morgan fingerprint density at radius 3 is 2.67 bits per heavy atom. The van der Waals surface area contributed by atoms with Gasteiger partial charge < -0.3 is 20.2 Å². The summed E-state index contributed by atoms with van der Waals surface area (Å²) in [6.07, 6.45) is -2.23. The number of phenols is 1. The van der Waals surface area contributed by atoms with Crippen LogP contribution in [0.3, 0.4) is 0 Å². The number of fused-ring (bicyclic) bond motifs is 2. The molecule has 0 spiro atoms. The maximum atomic E-state index is 12.9. The van der Waals surface area contributed by atoms with Crippen molar-refractivity contribution in [2.24, 2.45) is 5.92 Å². The van der Waals surface area contributed by atoms with Crippen molar-refractivity contribution in [3.8, 4) is 17.0 Å². The van der Waals surface area contributed by atoms with Crippen molar-refractivity contribution in [2.75, 3.05) is 18.4 Å². The summed E-state index contributed by atoms with van der Waals surface area (Å²) in [5.74, 6) is 0.293. The molecule has 1 saturated carbocycles. The van der Waals surface area contributed by atoms with E-state index in [2.05, 4.69) is 20.6 Å². The number of aryl methyl sites for hydroxylation is 1. The van der Waals surface area contributed by atoms with Crippen molar-refractivity contribution in [1.29, 1.82) is 0 Å². The maximum absolute atomic E-state index is 12.9. The fourth-order valence-corrected chi connectivity index (χ4v) is 4.45. The Balaban J connectivity index is 0.00000218. The molecule has 2 aromatic heterocycles. The first-order chi connectivity index (χ1) is 13.7. The molecule has 3 fully saturated rings. The zero-order chi connectivity index (χ0) is 20.4. The average molecular weight is 441 g/mol. The molecule has 0 radical (unpaired) electrons. The fourth-order valence-electron chi connectivity index (χ4n) is 4.45. The van der Waals surface area contributed by atoms with Crippen LogP contribution < -0.4 is 10.6 Å². The van der Waals surface area contributed by atoms with Crippen molar-refractivity contribution in [3.63, 3.8) is 0 Å². The third kappa shape index (κ3) is 3.45. The van der Waals surface area contributed by atoms with Crippen LogP contribution in [0.5, 0.6) is 5.75 Å². The van der Waals surface area contributed by atoms with Gasteiger partial charge in [-0.3, -0.25) is 0 Å². The first kappa shape index (κ1) is 20.7. The van der Waals surface area contributed by atoms with Crippen LogP contribution >= 0.6 is 12.4 Å². The lowest BCUT2D eigenvalue weighted by atomic mass is 9.74. The number of rotatable bonds is 4. The monoisotopic (exact) mass is 440 g/mol. The number of aromatic nitrogens is 2. The molecule has 6 nitrogen and oxygen atoms in total. The Morgan fingerprint density at radius 1 is 1.27 bits per heavy atom. The van der Waals surface area contributed by atoms with Crippen LogP contribution in [0.2, 0.25) is 0 Å². The number of phenolic OH excluding ortho intramolecular Hbond substituents is 1. The number of benzene rings is 1. The highest BCUT2D eigenvalue weighted by molar-refractivity contribution is 5.85. The lowest BCUT2D eigenvalue weighted by Crippen LogP contribution is -2.49. The number of nitrogens with zero attached hydrogens (tertiary/aromatic N) is 2. The van der Waals surface area contributed by atoms with E-state index in [9.17, 15) is 18.3 Å². The number of oxazole rings is 1. The Bertz CT molecular complexity index is 1080. The van der Waals surface area contributed by atoms with Gasteiger partial charge in [0.1, 0.15) is 5.75 Å². The fraction of sp³-hybridized carbons (Fsp3) is 0.400. The molecule has 0 atom stereocenters. The molecule has 2 bridgehead atoms. The van der Waals surface area contributed by atoms with Crippen LogP contribution in [0, 0.1) is 12.8 Å². The second-order valence-corrected chi connectivity index (χ2v) is 8.01. The van der Waals surface area contributed by atoms with Crippen LogP contribution in [-0.2, 0) is 6.18 Å². The van der Waals surface area contributed by atoms with E-state index in [1.54, 1.807) is 12.1 Å². The summed E-state index contributed by atoms with van der Waals surface area (Å²) in [4.78, 5) is 8.73. The second-order valence-electron chi connectivity index (χ2n) is 8.01. The SMILES string of the molecule is Cc1cc(C(F)(F)F)cc(O)c1-c1ccc2oc(NCC34CC(CN3)C4)nc2n1.Cl. The van der Waals surface area contributed by atoms with E-state index in [4.69, 9.17) is 4.42 Å². The quantitative estimate of drug-likeness (QED) is 0.553. The van der Waals surface area contributed by atoms with Crippen LogP contribution in [0.15, 0.2) is 28.7 Å². The summed E-state index contributed by atoms with van der Waals surface area (Å²) < 4.78 is 44.5. The minimum absolute atomic E-state index is 0. The summed E-state index contributed by atoms with van der Waals surface area (Å²) in [5.41, 5.74) is 0.856. The summed E-state index contributed by atoms with van der Waals surface area (Å²) >= 11 is 0. The van der Waals surface area contributed by atoms with Crippen molar-refractivity contribution in [2.45, 2.75) is 31.5 Å². The van der Waals surface area contributed by atoms with Gasteiger partial charge in [-0.1, -0.05) is 0 Å². The highest BCUT2D eigenvalue weighted by Gasteiger charge is 2.49. The topological polar surface area (TPSA) is 83.2 Å². The molecule has 1 aromatic carbocycles. The average Bonchev–Trinajstić information content (AvgIpc) is 3.31. The Kier molecular flexibility index (Phi) is 4.85. The molecule has 6 rings (SSSR count). The second kappa shape index (κ2) is 7.02. The maximum Gasteiger partial charge on any atom is 0.416 e. The van der Waals surface area contributed by atoms with Gasteiger partial charge in [-0.15, -0.1) is 12.4 Å². The Hall–Kier alpha value is -2.52. The van der Waals surface area contributed by atoms with E-state index in [1.165, 1.54) is 6.92 Å².